The lowest BCUT2D eigenvalue weighted by Crippen LogP contribution is -3.00. The van der Waals surface area contributed by atoms with Crippen LogP contribution in [0.1, 0.15) is 48.8 Å². The van der Waals surface area contributed by atoms with Crippen molar-refractivity contribution < 1.29 is 35.9 Å². The van der Waals surface area contributed by atoms with E-state index in [0.29, 0.717) is 30.2 Å². The van der Waals surface area contributed by atoms with E-state index in [-0.39, 0.29) is 28.7 Å². The minimum Gasteiger partial charge on any atom is -1.00 e. The summed E-state index contributed by atoms with van der Waals surface area (Å²) in [6.45, 7) is 2.54. The van der Waals surface area contributed by atoms with E-state index in [2.05, 4.69) is 4.98 Å². The van der Waals surface area contributed by atoms with Gasteiger partial charge in [-0.1, -0.05) is 18.0 Å². The zero-order valence-electron chi connectivity index (χ0n) is 14.8. The van der Waals surface area contributed by atoms with E-state index < -0.39 is 0 Å². The number of benzene rings is 1. The Kier molecular flexibility index (Phi) is 10.2. The number of Topliss-reactive ketones (excluding diaryl/α,β-unsaturated/α-hetero) is 1. The molecule has 0 aliphatic carbocycles. The molecule has 0 amide bonds. The number of carbonyl (C=O) groups is 2. The first kappa shape index (κ1) is 22.4. The number of nitrogens with zero attached hydrogens (tertiary/aromatic N) is 1. The van der Waals surface area contributed by atoms with Gasteiger partial charge in [-0.15, -0.1) is 0 Å². The summed E-state index contributed by atoms with van der Waals surface area (Å²) in [4.78, 5) is 26.8. The summed E-state index contributed by atoms with van der Waals surface area (Å²) < 4.78 is 6.84. The number of aromatic amines is 1. The number of aromatic nitrogens is 2. The summed E-state index contributed by atoms with van der Waals surface area (Å²) in [5.41, 5.74) is 0.651. The van der Waals surface area contributed by atoms with Gasteiger partial charge in [-0.2, -0.15) is 0 Å². The van der Waals surface area contributed by atoms with Gasteiger partial charge >= 0.3 is 5.97 Å². The van der Waals surface area contributed by atoms with E-state index in [0.717, 1.165) is 31.5 Å². The minimum atomic E-state index is -0.133. The number of ether oxygens (including phenoxy) is 1. The molecule has 7 heteroatoms. The van der Waals surface area contributed by atoms with E-state index in [1.807, 2.05) is 23.9 Å². The molecule has 0 saturated carbocycles. The predicted molar refractivity (Wildman–Crippen MR) is 95.6 cm³/mol. The SMILES string of the molecule is CCOC(=O)CCCCCc1[nH]cc[n+]1CC(=O)c1ccc(Cl)cc1.[Br-]. The van der Waals surface area contributed by atoms with Crippen molar-refractivity contribution >= 4 is 23.4 Å². The van der Waals surface area contributed by atoms with Crippen LogP contribution in [0.2, 0.25) is 5.02 Å². The Labute approximate surface area is 169 Å². The van der Waals surface area contributed by atoms with Crippen molar-refractivity contribution in [2.75, 3.05) is 6.61 Å². The number of halogens is 2. The van der Waals surface area contributed by atoms with Gasteiger partial charge in [0.25, 0.3) is 5.82 Å². The van der Waals surface area contributed by atoms with Gasteiger partial charge in [0.15, 0.2) is 6.54 Å². The molecule has 2 aromatic rings. The Morgan fingerprint density at radius 3 is 2.58 bits per heavy atom. The molecule has 0 saturated heterocycles. The van der Waals surface area contributed by atoms with Crippen LogP contribution < -0.4 is 21.5 Å². The summed E-state index contributed by atoms with van der Waals surface area (Å²) in [5.74, 6) is 0.925. The maximum absolute atomic E-state index is 12.4. The molecule has 142 valence electrons. The third kappa shape index (κ3) is 7.30. The molecular weight excluding hydrogens is 420 g/mol. The summed E-state index contributed by atoms with van der Waals surface area (Å²) in [7, 11) is 0. The number of imidazole rings is 1. The second-order valence-electron chi connectivity index (χ2n) is 5.83. The van der Waals surface area contributed by atoms with Gasteiger partial charge in [-0.05, 0) is 44.0 Å². The zero-order chi connectivity index (χ0) is 18.1. The molecule has 2 rings (SSSR count). The van der Waals surface area contributed by atoms with Gasteiger partial charge in [0.05, 0.1) is 6.61 Å². The number of hydrogen-bond acceptors (Lipinski definition) is 3. The monoisotopic (exact) mass is 442 g/mol. The fourth-order valence-electron chi connectivity index (χ4n) is 2.61. The highest BCUT2D eigenvalue weighted by Gasteiger charge is 2.15. The number of carbonyl (C=O) groups excluding carboxylic acids is 2. The predicted octanol–water partition coefficient (Wildman–Crippen LogP) is 0.509. The van der Waals surface area contributed by atoms with Gasteiger partial charge in [0.1, 0.15) is 12.4 Å². The molecule has 0 radical (unpaired) electrons. The summed E-state index contributed by atoms with van der Waals surface area (Å²) in [6.07, 6.45) is 7.74. The first-order valence-corrected chi connectivity index (χ1v) is 8.98. The molecule has 0 atom stereocenters. The largest absolute Gasteiger partial charge is 1.00 e. The van der Waals surface area contributed by atoms with Crippen molar-refractivity contribution in [2.24, 2.45) is 0 Å². The molecule has 5 nitrogen and oxygen atoms in total. The standard InChI is InChI=1S/C19H23ClN2O3.BrH/c1-2-25-19(24)7-5-3-4-6-18-21-12-13-22(18)14-17(23)15-8-10-16(20)11-9-15;/h8-13H,2-7,14H2,1H3;1H. The normalized spacial score (nSPS) is 10.2. The highest BCUT2D eigenvalue weighted by Crippen LogP contribution is 2.10. The summed E-state index contributed by atoms with van der Waals surface area (Å²) in [5, 5.41) is 0.620. The molecule has 1 N–H and O–H groups in total. The second kappa shape index (κ2) is 11.9. The van der Waals surface area contributed by atoms with Gasteiger partial charge in [0, 0.05) is 23.4 Å². The minimum absolute atomic E-state index is 0. The Bertz CT molecular complexity index is 701. The Morgan fingerprint density at radius 2 is 1.88 bits per heavy atom. The lowest BCUT2D eigenvalue weighted by atomic mass is 10.1. The highest BCUT2D eigenvalue weighted by atomic mass is 79.9. The first-order chi connectivity index (χ1) is 12.1. The number of ketones is 1. The van der Waals surface area contributed by atoms with Gasteiger partial charge < -0.3 is 21.7 Å². The number of rotatable bonds is 10. The number of hydrogen-bond donors (Lipinski definition) is 1. The molecule has 0 aliphatic heterocycles. The average molecular weight is 444 g/mol. The third-order valence-corrected chi connectivity index (χ3v) is 4.18. The Balaban J connectivity index is 0.00000338. The van der Waals surface area contributed by atoms with Gasteiger partial charge in [-0.25, -0.2) is 9.55 Å². The molecule has 1 aromatic carbocycles. The topological polar surface area (TPSA) is 63.0 Å². The smallest absolute Gasteiger partial charge is 0.305 e. The van der Waals surface area contributed by atoms with Crippen LogP contribution in [0.4, 0.5) is 0 Å². The molecule has 0 fully saturated rings. The second-order valence-corrected chi connectivity index (χ2v) is 6.27. The number of unbranched alkanes of at least 4 members (excludes halogenated alkanes) is 2. The van der Waals surface area contributed by atoms with Crippen molar-refractivity contribution in [2.45, 2.75) is 45.6 Å². The van der Waals surface area contributed by atoms with E-state index >= 15 is 0 Å². The lowest BCUT2D eigenvalue weighted by molar-refractivity contribution is -0.689. The fourth-order valence-corrected chi connectivity index (χ4v) is 2.74. The number of H-pyrrole nitrogens is 1. The zero-order valence-corrected chi connectivity index (χ0v) is 17.2. The van der Waals surface area contributed by atoms with Crippen molar-refractivity contribution in [3.8, 4) is 0 Å². The summed E-state index contributed by atoms with van der Waals surface area (Å²) in [6, 6.07) is 6.93. The molecule has 1 aromatic heterocycles. The summed E-state index contributed by atoms with van der Waals surface area (Å²) >= 11 is 5.85. The van der Waals surface area contributed by atoms with Crippen LogP contribution in [0, 0.1) is 0 Å². The molecule has 0 spiro atoms. The number of nitrogens with one attached hydrogen (secondary N) is 1. The first-order valence-electron chi connectivity index (χ1n) is 8.60. The third-order valence-electron chi connectivity index (χ3n) is 3.93. The highest BCUT2D eigenvalue weighted by molar-refractivity contribution is 6.30. The lowest BCUT2D eigenvalue weighted by Gasteiger charge is -2.03. The molecule has 1 heterocycles. The van der Waals surface area contributed by atoms with Crippen LogP contribution in [0.15, 0.2) is 36.7 Å². The van der Waals surface area contributed by atoms with E-state index in [4.69, 9.17) is 16.3 Å². The van der Waals surface area contributed by atoms with Gasteiger partial charge in [-0.3, -0.25) is 9.59 Å². The van der Waals surface area contributed by atoms with Crippen LogP contribution >= 0.6 is 11.6 Å². The van der Waals surface area contributed by atoms with E-state index in [1.54, 1.807) is 24.3 Å². The van der Waals surface area contributed by atoms with Crippen LogP contribution in [0.25, 0.3) is 0 Å². The molecule has 26 heavy (non-hydrogen) atoms. The van der Waals surface area contributed by atoms with E-state index in [9.17, 15) is 9.59 Å². The Hall–Kier alpha value is -1.66. The van der Waals surface area contributed by atoms with Crippen LogP contribution in [-0.2, 0) is 22.5 Å². The van der Waals surface area contributed by atoms with Crippen LogP contribution in [-0.4, -0.2) is 23.3 Å². The van der Waals surface area contributed by atoms with Gasteiger partial charge in [0.2, 0.25) is 5.78 Å². The molecular formula is C19H24BrClN2O3. The van der Waals surface area contributed by atoms with Crippen molar-refractivity contribution in [1.82, 2.24) is 4.98 Å². The maximum Gasteiger partial charge on any atom is 0.305 e. The van der Waals surface area contributed by atoms with E-state index in [1.165, 1.54) is 0 Å². The van der Waals surface area contributed by atoms with Crippen molar-refractivity contribution in [1.29, 1.82) is 0 Å². The molecule has 0 bridgehead atoms. The molecule has 0 aliphatic rings. The fraction of sp³-hybridized carbons (Fsp3) is 0.421. The number of esters is 1. The quantitative estimate of drug-likeness (QED) is 0.252. The number of aryl methyl sites for hydroxylation is 1. The molecule has 0 unspecified atom stereocenters. The maximum atomic E-state index is 12.4. The van der Waals surface area contributed by atoms with Crippen LogP contribution in [0.5, 0.6) is 0 Å². The Morgan fingerprint density at radius 1 is 1.15 bits per heavy atom. The van der Waals surface area contributed by atoms with Crippen molar-refractivity contribution in [3.05, 3.63) is 53.1 Å². The van der Waals surface area contributed by atoms with Crippen molar-refractivity contribution in [3.63, 3.8) is 0 Å². The average Bonchev–Trinajstić information content (AvgIpc) is 3.02. The van der Waals surface area contributed by atoms with Crippen LogP contribution in [0.3, 0.4) is 0 Å².